The van der Waals surface area contributed by atoms with Crippen molar-refractivity contribution in [1.82, 2.24) is 0 Å². The van der Waals surface area contributed by atoms with E-state index in [0.29, 0.717) is 0 Å². The molecule has 0 amide bonds. The zero-order valence-corrected chi connectivity index (χ0v) is 41.8. The third-order valence-corrected chi connectivity index (χ3v) is 18.1. The lowest BCUT2D eigenvalue weighted by Gasteiger charge is -2.17. The molecule has 0 unspecified atom stereocenters. The molecule has 18 aromatic carbocycles. The number of fused-ring (bicyclic) bond motifs is 15. The Hall–Kier alpha value is -9.34. The van der Waals surface area contributed by atoms with Crippen molar-refractivity contribution in [2.75, 3.05) is 13.2 Å². The summed E-state index contributed by atoms with van der Waals surface area (Å²) in [6, 6.07) is 75.9. The topological polar surface area (TPSA) is 29.5 Å². The second-order valence-corrected chi connectivity index (χ2v) is 21.6. The van der Waals surface area contributed by atoms with E-state index in [-0.39, 0.29) is 13.2 Å². The summed E-state index contributed by atoms with van der Waals surface area (Å²) in [6.45, 7) is 4.74. The number of hydrogen-bond acceptors (Lipinski definition) is 2. The van der Waals surface area contributed by atoms with Crippen LogP contribution >= 0.6 is 0 Å². The molecule has 0 fully saturated rings. The van der Waals surface area contributed by atoms with Crippen LogP contribution in [0, 0.1) is 13.8 Å². The van der Waals surface area contributed by atoms with Crippen LogP contribution in [0.5, 0.6) is 5.75 Å². The first-order chi connectivity index (χ1) is 37.6. The molecule has 0 aliphatic carbocycles. The van der Waals surface area contributed by atoms with Gasteiger partial charge in [0.2, 0.25) is 0 Å². The Kier molecular flexibility index (Phi) is 7.83. The number of rotatable bonds is 6. The molecule has 0 atom stereocenters. The molecule has 0 spiro atoms. The number of aliphatic hydroxyl groups excluding tert-OH is 1. The van der Waals surface area contributed by atoms with Crippen molar-refractivity contribution in [3.8, 4) is 39.1 Å². The van der Waals surface area contributed by atoms with E-state index in [4.69, 9.17) is 4.74 Å². The molecule has 1 N–H and O–H groups in total. The van der Waals surface area contributed by atoms with Crippen molar-refractivity contribution in [1.29, 1.82) is 0 Å². The van der Waals surface area contributed by atoms with E-state index in [2.05, 4.69) is 214 Å². The molecule has 352 valence electrons. The minimum atomic E-state index is -0.0414. The maximum Gasteiger partial charge on any atom is 0.127 e. The van der Waals surface area contributed by atoms with Gasteiger partial charge >= 0.3 is 0 Å². The van der Waals surface area contributed by atoms with Crippen LogP contribution in [-0.2, 0) is 0 Å². The minimum Gasteiger partial charge on any atom is -0.491 e. The van der Waals surface area contributed by atoms with Crippen LogP contribution in [0.4, 0.5) is 0 Å². The van der Waals surface area contributed by atoms with E-state index < -0.39 is 0 Å². The standard InChI is InChI=1S/C74H44O2/c1-38-14-6-8-18-41(38)66-70-52-25-13-23-50-58(76-37-36-75)35-34-53(60(50)52)71(70)67(42-19-9-7-15-39(42)2)73-56-32-28-49-47-29-33-57-64-54(30-26-46(61(47)64)48-27-31-55(72(66)73)65(56)62(48)49)69-59(40-16-4-3-5-17-40)51-24-12-22-44-43-20-10-11-21-45(43)68(63(44)51)74(57)69/h3-35,75H,36-37H2,1-2H3. The van der Waals surface area contributed by atoms with Crippen LogP contribution in [0.3, 0.4) is 0 Å². The Morgan fingerprint density at radius 2 is 0.618 bits per heavy atom. The smallest absolute Gasteiger partial charge is 0.127 e. The van der Waals surface area contributed by atoms with Crippen molar-refractivity contribution < 1.29 is 9.84 Å². The van der Waals surface area contributed by atoms with Crippen LogP contribution in [-0.4, -0.2) is 18.3 Å². The van der Waals surface area contributed by atoms with Gasteiger partial charge in [0, 0.05) is 10.8 Å². The SMILES string of the molecule is Cc1ccccc1-c1c2c3cccc4c(OCCO)ccc(c2c(-c2ccccc2C)c2c5ccc6c7ccc8c9c(ccc(c%10ccc(c12)c5c%106)c79)c1c(-c2ccccc2)c2cccc5c6ccccc6c(c25)c81)c43. The Bertz CT molecular complexity index is 5360. The summed E-state index contributed by atoms with van der Waals surface area (Å²) in [7, 11) is 0. The first kappa shape index (κ1) is 41.1. The predicted molar refractivity (Wildman–Crippen MR) is 326 cm³/mol. The zero-order chi connectivity index (χ0) is 49.8. The van der Waals surface area contributed by atoms with Gasteiger partial charge in [-0.2, -0.15) is 0 Å². The fourth-order valence-electron chi connectivity index (χ4n) is 15.3. The first-order valence-electron chi connectivity index (χ1n) is 26.7. The van der Waals surface area contributed by atoms with Crippen molar-refractivity contribution in [2.24, 2.45) is 0 Å². The molecule has 0 saturated carbocycles. The molecule has 2 nitrogen and oxygen atoms in total. The maximum atomic E-state index is 9.87. The molecule has 0 bridgehead atoms. The molecular weight excluding hydrogens is 921 g/mol. The first-order valence-corrected chi connectivity index (χ1v) is 26.7. The Balaban J connectivity index is 1.04. The summed E-state index contributed by atoms with van der Waals surface area (Å²) in [4.78, 5) is 0. The third-order valence-electron chi connectivity index (χ3n) is 18.1. The number of aliphatic hydroxyl groups is 1. The molecule has 18 aromatic rings. The zero-order valence-electron chi connectivity index (χ0n) is 41.8. The lowest BCUT2D eigenvalue weighted by atomic mass is 9.85. The summed E-state index contributed by atoms with van der Waals surface area (Å²) in [5.41, 5.74) is 10.1. The average Bonchev–Trinajstić information content (AvgIpc) is 4.21. The fraction of sp³-hybridized carbons (Fsp3) is 0.0541. The van der Waals surface area contributed by atoms with Gasteiger partial charge in [-0.05, 0) is 211 Å². The molecule has 0 aliphatic rings. The van der Waals surface area contributed by atoms with Gasteiger partial charge in [-0.25, -0.2) is 0 Å². The molecule has 0 aliphatic heterocycles. The molecule has 0 aromatic heterocycles. The molecule has 2 heteroatoms. The fourth-order valence-corrected chi connectivity index (χ4v) is 15.3. The van der Waals surface area contributed by atoms with Crippen LogP contribution in [0.1, 0.15) is 11.1 Å². The molecular formula is C74H44O2. The summed E-state index contributed by atoms with van der Waals surface area (Å²) in [5.74, 6) is 0.798. The molecule has 0 radical (unpaired) electrons. The maximum absolute atomic E-state index is 9.87. The monoisotopic (exact) mass is 964 g/mol. The quantitative estimate of drug-likeness (QED) is 0.133. The number of ether oxygens (including phenoxy) is 1. The highest BCUT2D eigenvalue weighted by molar-refractivity contribution is 6.53. The van der Waals surface area contributed by atoms with E-state index in [1.165, 1.54) is 190 Å². The lowest BCUT2D eigenvalue weighted by Crippen LogP contribution is -2.01. The number of aryl methyl sites for hydroxylation is 2. The molecule has 0 heterocycles. The van der Waals surface area contributed by atoms with Crippen LogP contribution in [0.25, 0.3) is 184 Å². The minimum absolute atomic E-state index is 0.0414. The summed E-state index contributed by atoms with van der Waals surface area (Å²) >= 11 is 0. The Morgan fingerprint density at radius 3 is 1.20 bits per heavy atom. The van der Waals surface area contributed by atoms with Crippen LogP contribution < -0.4 is 4.74 Å². The summed E-state index contributed by atoms with van der Waals surface area (Å²) < 4.78 is 6.27. The Labute approximate surface area is 435 Å². The molecule has 0 saturated heterocycles. The van der Waals surface area contributed by atoms with E-state index in [1.807, 2.05) is 0 Å². The molecule has 76 heavy (non-hydrogen) atoms. The lowest BCUT2D eigenvalue weighted by molar-refractivity contribution is 0.203. The van der Waals surface area contributed by atoms with Crippen molar-refractivity contribution >= 4 is 151 Å². The van der Waals surface area contributed by atoms with E-state index >= 15 is 0 Å². The van der Waals surface area contributed by atoms with E-state index in [1.54, 1.807) is 0 Å². The van der Waals surface area contributed by atoms with Crippen molar-refractivity contribution in [3.05, 3.63) is 211 Å². The highest BCUT2D eigenvalue weighted by atomic mass is 16.5. The van der Waals surface area contributed by atoms with Gasteiger partial charge in [0.05, 0.1) is 6.61 Å². The van der Waals surface area contributed by atoms with Gasteiger partial charge in [0.15, 0.2) is 0 Å². The van der Waals surface area contributed by atoms with E-state index in [9.17, 15) is 5.11 Å². The highest BCUT2D eigenvalue weighted by Crippen LogP contribution is 2.60. The second kappa shape index (κ2) is 14.5. The number of hydrogen-bond donors (Lipinski definition) is 1. The van der Waals surface area contributed by atoms with Gasteiger partial charge in [-0.15, -0.1) is 0 Å². The van der Waals surface area contributed by atoms with Gasteiger partial charge in [0.1, 0.15) is 12.4 Å². The van der Waals surface area contributed by atoms with Gasteiger partial charge in [0.25, 0.3) is 0 Å². The summed E-state index contributed by atoms with van der Waals surface area (Å²) in [6.07, 6.45) is 0. The molecule has 18 rings (SSSR count). The van der Waals surface area contributed by atoms with Gasteiger partial charge in [-0.1, -0.05) is 188 Å². The third kappa shape index (κ3) is 4.84. The normalized spacial score (nSPS) is 12.8. The largest absolute Gasteiger partial charge is 0.491 e. The average molecular weight is 965 g/mol. The second-order valence-electron chi connectivity index (χ2n) is 21.6. The van der Waals surface area contributed by atoms with E-state index in [0.717, 1.165) is 11.1 Å². The number of benzene rings is 14. The van der Waals surface area contributed by atoms with Gasteiger partial charge < -0.3 is 9.84 Å². The Morgan fingerprint density at radius 1 is 0.263 bits per heavy atom. The van der Waals surface area contributed by atoms with Crippen molar-refractivity contribution in [2.45, 2.75) is 13.8 Å². The predicted octanol–water partition coefficient (Wildman–Crippen LogP) is 20.0. The van der Waals surface area contributed by atoms with Crippen LogP contribution in [0.15, 0.2) is 200 Å². The van der Waals surface area contributed by atoms with Crippen LogP contribution in [0.2, 0.25) is 0 Å². The van der Waals surface area contributed by atoms with Gasteiger partial charge in [-0.3, -0.25) is 0 Å². The highest BCUT2D eigenvalue weighted by Gasteiger charge is 2.31. The summed E-state index contributed by atoms with van der Waals surface area (Å²) in [5, 5.41) is 46.3. The van der Waals surface area contributed by atoms with Crippen molar-refractivity contribution in [3.63, 3.8) is 0 Å².